The average molecular weight is 425 g/mol. The number of thiophene rings is 1. The molecule has 0 aliphatic carbocycles. The van der Waals surface area contributed by atoms with E-state index in [4.69, 9.17) is 0 Å². The van der Waals surface area contributed by atoms with Crippen LogP contribution in [-0.4, -0.2) is 15.9 Å². The maximum atomic E-state index is 12.1. The minimum Gasteiger partial charge on any atom is -0.266 e. The maximum Gasteiger partial charge on any atom is 0.279 e. The number of fused-ring (bicyclic) bond motifs is 1. The van der Waals surface area contributed by atoms with E-state index in [1.165, 1.54) is 11.3 Å². The van der Waals surface area contributed by atoms with Gasteiger partial charge in [0.25, 0.3) is 5.91 Å². The highest BCUT2D eigenvalue weighted by atomic mass is 79.9. The van der Waals surface area contributed by atoms with E-state index in [0.717, 1.165) is 26.6 Å². The number of hydrazine groups is 1. The first kappa shape index (κ1) is 16.7. The summed E-state index contributed by atoms with van der Waals surface area (Å²) >= 11 is 4.87. The molecule has 0 aliphatic heterocycles. The molecule has 0 aliphatic rings. The molecular formula is C19H13BrN4OS. The first-order valence-corrected chi connectivity index (χ1v) is 9.50. The third-order valence-electron chi connectivity index (χ3n) is 3.74. The van der Waals surface area contributed by atoms with Crippen molar-refractivity contribution in [3.05, 3.63) is 75.4 Å². The Labute approximate surface area is 162 Å². The molecule has 128 valence electrons. The van der Waals surface area contributed by atoms with Gasteiger partial charge in [-0.1, -0.05) is 52.3 Å². The molecule has 2 aromatic carbocycles. The molecule has 0 bridgehead atoms. The summed E-state index contributed by atoms with van der Waals surface area (Å²) in [6.45, 7) is 0. The van der Waals surface area contributed by atoms with Crippen LogP contribution in [0.3, 0.4) is 0 Å². The Balaban J connectivity index is 1.72. The van der Waals surface area contributed by atoms with E-state index in [0.29, 0.717) is 10.8 Å². The van der Waals surface area contributed by atoms with Crippen LogP contribution in [0.4, 0.5) is 5.95 Å². The van der Waals surface area contributed by atoms with E-state index in [2.05, 4.69) is 36.7 Å². The number of rotatable bonds is 4. The van der Waals surface area contributed by atoms with Crippen LogP contribution in [0.25, 0.3) is 22.2 Å². The molecule has 2 aromatic heterocycles. The van der Waals surface area contributed by atoms with Crippen molar-refractivity contribution in [2.45, 2.75) is 0 Å². The average Bonchev–Trinajstić information content (AvgIpc) is 3.21. The highest BCUT2D eigenvalue weighted by Gasteiger charge is 2.12. The Morgan fingerprint density at radius 1 is 1.00 bits per heavy atom. The van der Waals surface area contributed by atoms with Crippen molar-refractivity contribution >= 4 is 50.0 Å². The number of nitrogens with one attached hydrogen (secondary N) is 2. The predicted molar refractivity (Wildman–Crippen MR) is 108 cm³/mol. The van der Waals surface area contributed by atoms with Crippen molar-refractivity contribution in [3.63, 3.8) is 0 Å². The highest BCUT2D eigenvalue weighted by Crippen LogP contribution is 2.29. The quantitative estimate of drug-likeness (QED) is 0.458. The molecule has 0 saturated carbocycles. The van der Waals surface area contributed by atoms with Crippen molar-refractivity contribution in [1.29, 1.82) is 0 Å². The van der Waals surface area contributed by atoms with Crippen LogP contribution in [0, 0.1) is 0 Å². The number of halogens is 1. The van der Waals surface area contributed by atoms with Gasteiger partial charge in [0.15, 0.2) is 0 Å². The molecule has 2 heterocycles. The van der Waals surface area contributed by atoms with Crippen LogP contribution < -0.4 is 10.9 Å². The minimum absolute atomic E-state index is 0.222. The zero-order chi connectivity index (χ0) is 17.9. The number of benzene rings is 2. The van der Waals surface area contributed by atoms with Gasteiger partial charge in [0.1, 0.15) is 0 Å². The number of anilines is 1. The van der Waals surface area contributed by atoms with E-state index in [-0.39, 0.29) is 5.91 Å². The van der Waals surface area contributed by atoms with Gasteiger partial charge < -0.3 is 0 Å². The number of nitrogens with zero attached hydrogens (tertiary/aromatic N) is 2. The number of carbonyl (C=O) groups is 1. The van der Waals surface area contributed by atoms with E-state index in [9.17, 15) is 4.79 Å². The Morgan fingerprint density at radius 3 is 2.62 bits per heavy atom. The summed E-state index contributed by atoms with van der Waals surface area (Å²) in [7, 11) is 0. The third kappa shape index (κ3) is 3.44. The SMILES string of the molecule is O=C(NNc1nc(-c2ccccc2)c2cc(Br)ccc2n1)c1cccs1. The molecule has 1 amide bonds. The van der Waals surface area contributed by atoms with Crippen LogP contribution in [0.2, 0.25) is 0 Å². The van der Waals surface area contributed by atoms with Crippen molar-refractivity contribution in [2.24, 2.45) is 0 Å². The molecular weight excluding hydrogens is 412 g/mol. The largest absolute Gasteiger partial charge is 0.279 e. The monoisotopic (exact) mass is 424 g/mol. The molecule has 5 nitrogen and oxygen atoms in total. The Bertz CT molecular complexity index is 1070. The molecule has 2 N–H and O–H groups in total. The first-order valence-electron chi connectivity index (χ1n) is 7.83. The normalized spacial score (nSPS) is 10.7. The van der Waals surface area contributed by atoms with Gasteiger partial charge in [0.05, 0.1) is 16.1 Å². The maximum absolute atomic E-state index is 12.1. The van der Waals surface area contributed by atoms with Crippen molar-refractivity contribution in [2.75, 3.05) is 5.43 Å². The van der Waals surface area contributed by atoms with Crippen LogP contribution >= 0.6 is 27.3 Å². The molecule has 0 spiro atoms. The summed E-state index contributed by atoms with van der Waals surface area (Å²) in [6, 6.07) is 19.3. The van der Waals surface area contributed by atoms with Crippen LogP contribution in [-0.2, 0) is 0 Å². The summed E-state index contributed by atoms with van der Waals surface area (Å²) in [5, 5.41) is 2.79. The van der Waals surface area contributed by atoms with Gasteiger partial charge in [-0.2, -0.15) is 0 Å². The number of aromatic nitrogens is 2. The molecule has 4 rings (SSSR count). The van der Waals surface area contributed by atoms with Gasteiger partial charge in [0.2, 0.25) is 5.95 Å². The lowest BCUT2D eigenvalue weighted by Gasteiger charge is -2.11. The second-order valence-corrected chi connectivity index (χ2v) is 7.34. The second kappa shape index (κ2) is 7.23. The lowest BCUT2D eigenvalue weighted by atomic mass is 10.1. The number of carbonyl (C=O) groups excluding carboxylic acids is 1. The molecule has 0 atom stereocenters. The summed E-state index contributed by atoms with van der Waals surface area (Å²) < 4.78 is 0.956. The van der Waals surface area contributed by atoms with Crippen LogP contribution in [0.1, 0.15) is 9.67 Å². The minimum atomic E-state index is -0.222. The van der Waals surface area contributed by atoms with Crippen molar-refractivity contribution in [1.82, 2.24) is 15.4 Å². The summed E-state index contributed by atoms with van der Waals surface area (Å²) in [5.74, 6) is 0.115. The zero-order valence-corrected chi connectivity index (χ0v) is 15.8. The van der Waals surface area contributed by atoms with Gasteiger partial charge >= 0.3 is 0 Å². The number of hydrogen-bond acceptors (Lipinski definition) is 5. The molecule has 4 aromatic rings. The van der Waals surface area contributed by atoms with Gasteiger partial charge in [0, 0.05) is 15.4 Å². The van der Waals surface area contributed by atoms with Crippen molar-refractivity contribution < 1.29 is 4.79 Å². The molecule has 0 radical (unpaired) electrons. The number of amides is 1. The topological polar surface area (TPSA) is 66.9 Å². The molecule has 7 heteroatoms. The Morgan fingerprint density at radius 2 is 1.85 bits per heavy atom. The molecule has 26 heavy (non-hydrogen) atoms. The zero-order valence-electron chi connectivity index (χ0n) is 13.4. The molecule has 0 unspecified atom stereocenters. The van der Waals surface area contributed by atoms with Gasteiger partial charge in [-0.15, -0.1) is 11.3 Å². The Kier molecular flexibility index (Phi) is 4.64. The predicted octanol–water partition coefficient (Wildman–Crippen LogP) is 4.88. The summed E-state index contributed by atoms with van der Waals surface area (Å²) in [6.07, 6.45) is 0. The third-order valence-corrected chi connectivity index (χ3v) is 5.10. The molecule has 0 fully saturated rings. The fourth-order valence-corrected chi connectivity index (χ4v) is 3.53. The first-order chi connectivity index (χ1) is 12.7. The fraction of sp³-hybridized carbons (Fsp3) is 0. The van der Waals surface area contributed by atoms with Gasteiger partial charge in [-0.3, -0.25) is 15.6 Å². The van der Waals surface area contributed by atoms with Crippen LogP contribution in [0.5, 0.6) is 0 Å². The smallest absolute Gasteiger partial charge is 0.266 e. The van der Waals surface area contributed by atoms with E-state index in [1.807, 2.05) is 60.0 Å². The number of hydrogen-bond donors (Lipinski definition) is 2. The van der Waals surface area contributed by atoms with Gasteiger partial charge in [-0.05, 0) is 29.6 Å². The van der Waals surface area contributed by atoms with Crippen LogP contribution in [0.15, 0.2) is 70.5 Å². The summed E-state index contributed by atoms with van der Waals surface area (Å²) in [5.41, 5.74) is 8.03. The Hall–Kier alpha value is -2.77. The summed E-state index contributed by atoms with van der Waals surface area (Å²) in [4.78, 5) is 21.8. The van der Waals surface area contributed by atoms with E-state index >= 15 is 0 Å². The van der Waals surface area contributed by atoms with E-state index < -0.39 is 0 Å². The van der Waals surface area contributed by atoms with Crippen molar-refractivity contribution in [3.8, 4) is 11.3 Å². The second-order valence-electron chi connectivity index (χ2n) is 5.48. The molecule has 0 saturated heterocycles. The standard InChI is InChI=1S/C19H13BrN4OS/c20-13-8-9-15-14(11-13)17(12-5-2-1-3-6-12)22-19(21-15)24-23-18(25)16-7-4-10-26-16/h1-11H,(H,23,25)(H,21,22,24). The lowest BCUT2D eigenvalue weighted by molar-refractivity contribution is 0.0966. The van der Waals surface area contributed by atoms with E-state index in [1.54, 1.807) is 6.07 Å². The fourth-order valence-electron chi connectivity index (χ4n) is 2.55. The van der Waals surface area contributed by atoms with Gasteiger partial charge in [-0.25, -0.2) is 9.97 Å². The highest BCUT2D eigenvalue weighted by molar-refractivity contribution is 9.10. The lowest BCUT2D eigenvalue weighted by Crippen LogP contribution is -2.29.